The largest absolute Gasteiger partial charge is 0.237 e. The van der Waals surface area contributed by atoms with Crippen LogP contribution in [-0.4, -0.2) is 0 Å². The zero-order valence-electron chi connectivity index (χ0n) is 35.4. The number of nitriles is 2. The number of benzene rings is 11. The molecule has 302 valence electrons. The van der Waals surface area contributed by atoms with Crippen molar-refractivity contribution in [1.82, 2.24) is 0 Å². The molecule has 0 radical (unpaired) electrons. The predicted molar refractivity (Wildman–Crippen MR) is 280 cm³/mol. The van der Waals surface area contributed by atoms with Gasteiger partial charge in [0.1, 0.15) is 0 Å². The highest BCUT2D eigenvalue weighted by atomic mass is 32.1. The lowest BCUT2D eigenvalue weighted by atomic mass is 9.82. The molecule has 0 bridgehead atoms. The van der Waals surface area contributed by atoms with E-state index in [0.29, 0.717) is 33.6 Å². The molecule has 0 aliphatic rings. The normalized spacial score (nSPS) is 11.8. The van der Waals surface area contributed by atoms with Crippen molar-refractivity contribution in [1.29, 1.82) is 10.5 Å². The lowest BCUT2D eigenvalue weighted by Crippen LogP contribution is -1.95. The van der Waals surface area contributed by atoms with Crippen LogP contribution in [-0.2, 0) is 0 Å². The first-order valence-electron chi connectivity index (χ1n) is 22.0. The van der Waals surface area contributed by atoms with Crippen molar-refractivity contribution in [3.63, 3.8) is 0 Å². The highest BCUT2D eigenvalue weighted by Gasteiger charge is 2.27. The molecular formula is C62H28N4S. The second-order valence-corrected chi connectivity index (χ2v) is 18.4. The zero-order valence-corrected chi connectivity index (χ0v) is 36.2. The Kier molecular flexibility index (Phi) is 7.51. The number of hydrogen-bond donors (Lipinski definition) is 0. The van der Waals surface area contributed by atoms with Gasteiger partial charge in [-0.3, -0.25) is 0 Å². The molecule has 0 aliphatic heterocycles. The molecule has 14 aromatic rings. The number of hydrogen-bond acceptors (Lipinski definition) is 3. The van der Waals surface area contributed by atoms with E-state index in [1.165, 1.54) is 74.4 Å². The second kappa shape index (κ2) is 13.6. The smallest absolute Gasteiger partial charge is 0.196 e. The minimum Gasteiger partial charge on any atom is -0.237 e. The van der Waals surface area contributed by atoms with Crippen LogP contribution in [0.3, 0.4) is 0 Å². The molecule has 13 aromatic carbocycles. The lowest BCUT2D eigenvalue weighted by molar-refractivity contribution is 1.48. The highest BCUT2D eigenvalue weighted by Crippen LogP contribution is 2.55. The molecule has 0 saturated heterocycles. The first-order valence-corrected chi connectivity index (χ1v) is 22.8. The number of fused-ring (bicyclic) bond motifs is 13. The van der Waals surface area contributed by atoms with Crippen molar-refractivity contribution in [3.05, 3.63) is 204 Å². The Morgan fingerprint density at radius 1 is 0.328 bits per heavy atom. The summed E-state index contributed by atoms with van der Waals surface area (Å²) in [5, 5.41) is 41.3. The Bertz CT molecular complexity index is 4670. The van der Waals surface area contributed by atoms with Gasteiger partial charge in [0, 0.05) is 42.4 Å². The van der Waals surface area contributed by atoms with E-state index in [9.17, 15) is 10.5 Å². The number of nitrogens with zero attached hydrogens (tertiary/aromatic N) is 4. The molecule has 0 unspecified atom stereocenters. The van der Waals surface area contributed by atoms with Crippen LogP contribution in [0.15, 0.2) is 170 Å². The summed E-state index contributed by atoms with van der Waals surface area (Å²) < 4.78 is 2.58. The third-order valence-electron chi connectivity index (χ3n) is 14.2. The quantitative estimate of drug-likeness (QED) is 0.131. The summed E-state index contributed by atoms with van der Waals surface area (Å²) in [6.07, 6.45) is 0. The molecular weight excluding hydrogens is 833 g/mol. The fourth-order valence-electron chi connectivity index (χ4n) is 11.6. The fraction of sp³-hybridized carbons (Fsp3) is 0. The Morgan fingerprint density at radius 3 is 1.37 bits per heavy atom. The third-order valence-corrected chi connectivity index (χ3v) is 15.4. The van der Waals surface area contributed by atoms with Gasteiger partial charge in [0.15, 0.2) is 11.4 Å². The molecule has 1 heterocycles. The minimum absolute atomic E-state index is 0.384. The van der Waals surface area contributed by atoms with Crippen LogP contribution in [0, 0.1) is 35.8 Å². The Hall–Kier alpha value is -9.36. The average molecular weight is 861 g/mol. The Balaban J connectivity index is 1.16. The highest BCUT2D eigenvalue weighted by molar-refractivity contribution is 7.25. The van der Waals surface area contributed by atoms with Crippen LogP contribution >= 0.6 is 11.3 Å². The molecule has 1 aromatic heterocycles. The van der Waals surface area contributed by atoms with Gasteiger partial charge in [-0.2, -0.15) is 10.5 Å². The van der Waals surface area contributed by atoms with E-state index in [0.717, 1.165) is 54.2 Å². The van der Waals surface area contributed by atoms with E-state index in [1.54, 1.807) is 36.4 Å². The van der Waals surface area contributed by atoms with Crippen molar-refractivity contribution in [2.24, 2.45) is 0 Å². The Morgan fingerprint density at radius 2 is 0.776 bits per heavy atom. The van der Waals surface area contributed by atoms with Crippen LogP contribution < -0.4 is 0 Å². The van der Waals surface area contributed by atoms with Gasteiger partial charge in [-0.1, -0.05) is 121 Å². The van der Waals surface area contributed by atoms with Crippen molar-refractivity contribution >= 4 is 129 Å². The lowest BCUT2D eigenvalue weighted by Gasteiger charge is -2.21. The van der Waals surface area contributed by atoms with Crippen LogP contribution in [0.1, 0.15) is 11.1 Å². The van der Waals surface area contributed by atoms with Crippen molar-refractivity contribution in [3.8, 4) is 45.5 Å². The predicted octanol–water partition coefficient (Wildman–Crippen LogP) is 18.0. The molecule has 67 heavy (non-hydrogen) atoms. The molecule has 5 heteroatoms. The van der Waals surface area contributed by atoms with Gasteiger partial charge >= 0.3 is 0 Å². The summed E-state index contributed by atoms with van der Waals surface area (Å²) in [6, 6.07) is 63.8. The van der Waals surface area contributed by atoms with Gasteiger partial charge in [0.25, 0.3) is 0 Å². The van der Waals surface area contributed by atoms with Gasteiger partial charge in [0.05, 0.1) is 25.3 Å². The summed E-state index contributed by atoms with van der Waals surface area (Å²) in [5.41, 5.74) is 6.66. The van der Waals surface area contributed by atoms with E-state index in [4.69, 9.17) is 13.1 Å². The molecule has 0 saturated carbocycles. The van der Waals surface area contributed by atoms with Crippen molar-refractivity contribution < 1.29 is 0 Å². The monoisotopic (exact) mass is 860 g/mol. The maximum Gasteiger partial charge on any atom is 0.196 e. The second-order valence-electron chi connectivity index (χ2n) is 17.4. The summed E-state index contributed by atoms with van der Waals surface area (Å²) in [4.78, 5) is 7.97. The van der Waals surface area contributed by atoms with Gasteiger partial charge in [-0.05, 0) is 157 Å². The zero-order chi connectivity index (χ0) is 44.7. The van der Waals surface area contributed by atoms with E-state index in [1.807, 2.05) is 35.6 Å². The molecule has 0 atom stereocenters. The summed E-state index contributed by atoms with van der Waals surface area (Å²) >= 11 is 1.84. The number of rotatable bonds is 3. The molecule has 4 nitrogen and oxygen atoms in total. The summed E-state index contributed by atoms with van der Waals surface area (Å²) in [6.45, 7) is 16.7. The van der Waals surface area contributed by atoms with E-state index in [2.05, 4.69) is 131 Å². The van der Waals surface area contributed by atoms with Crippen LogP contribution in [0.25, 0.3) is 149 Å². The summed E-state index contributed by atoms with van der Waals surface area (Å²) in [7, 11) is 0. The molecule has 0 fully saturated rings. The summed E-state index contributed by atoms with van der Waals surface area (Å²) in [5.74, 6) is 0. The van der Waals surface area contributed by atoms with Crippen LogP contribution in [0.2, 0.25) is 0 Å². The van der Waals surface area contributed by atoms with E-state index < -0.39 is 0 Å². The Labute approximate surface area is 386 Å². The maximum atomic E-state index is 10.7. The first kappa shape index (κ1) is 37.1. The third kappa shape index (κ3) is 4.85. The van der Waals surface area contributed by atoms with Crippen LogP contribution in [0.4, 0.5) is 11.4 Å². The van der Waals surface area contributed by atoms with Crippen molar-refractivity contribution in [2.75, 3.05) is 0 Å². The van der Waals surface area contributed by atoms with Gasteiger partial charge in [-0.15, -0.1) is 11.3 Å². The molecule has 0 N–H and O–H groups in total. The van der Waals surface area contributed by atoms with Crippen LogP contribution in [0.5, 0.6) is 0 Å². The van der Waals surface area contributed by atoms with E-state index in [-0.39, 0.29) is 0 Å². The van der Waals surface area contributed by atoms with Crippen molar-refractivity contribution in [2.45, 2.75) is 0 Å². The maximum absolute atomic E-state index is 10.7. The average Bonchev–Trinajstić information content (AvgIpc) is 4.04. The first-order chi connectivity index (χ1) is 33.1. The topological polar surface area (TPSA) is 56.3 Å². The minimum atomic E-state index is 0.384. The molecule has 14 rings (SSSR count). The molecule has 0 amide bonds. The molecule has 0 spiro atoms. The SMILES string of the molecule is [C-]#[N+]c1cccc(C#N)c1-c1c2ccccc2c(-c2c(C#N)cccc2[N+]#[C-])c2cc3c(cc12)c1cccc2c1c3c1cccc3c4ccc(-c5ccc6sc7ccccc7c6c5)cc4c2c31. The van der Waals surface area contributed by atoms with Gasteiger partial charge in [-0.25, -0.2) is 9.69 Å². The molecule has 0 aliphatic carbocycles. The fourth-order valence-corrected chi connectivity index (χ4v) is 12.7. The van der Waals surface area contributed by atoms with Gasteiger partial charge in [0.2, 0.25) is 0 Å². The van der Waals surface area contributed by atoms with E-state index >= 15 is 0 Å². The standard InChI is InChI=1S/C62H28N4S/c1-65-51-20-7-11-35(31-63)55(51)59-40-14-3-4-15-41(40)60(56-36(32-64)12-8-21-52(56)66-2)50-30-48-45(29-49(50)59)42-17-10-19-44-58(42)62(48)43-18-9-16-39-37-25-23-33(28-47(37)61(44)57(39)43)34-24-26-54-46(27-34)38-13-5-6-22-53(38)67-54/h3-30H. The number of thiophene rings is 1. The van der Waals surface area contributed by atoms with Gasteiger partial charge < -0.3 is 0 Å².